The number of aromatic amines is 1. The number of halogens is 1. The maximum atomic E-state index is 12.7. The molecule has 23 heavy (non-hydrogen) atoms. The Bertz CT molecular complexity index is 860. The molecule has 2 aromatic rings. The van der Waals surface area contributed by atoms with Crippen molar-refractivity contribution in [2.24, 2.45) is 5.92 Å². The quantitative estimate of drug-likeness (QED) is 0.599. The fourth-order valence-corrected chi connectivity index (χ4v) is 3.01. The highest BCUT2D eigenvalue weighted by Gasteiger charge is 2.26. The highest BCUT2D eigenvalue weighted by Crippen LogP contribution is 2.22. The third-order valence-electron chi connectivity index (χ3n) is 4.20. The number of H-pyrrole nitrogens is 1. The number of rotatable bonds is 2. The summed E-state index contributed by atoms with van der Waals surface area (Å²) in [7, 11) is 0. The van der Waals surface area contributed by atoms with Gasteiger partial charge in [-0.3, -0.25) is 19.5 Å². The van der Waals surface area contributed by atoms with Gasteiger partial charge in [0.2, 0.25) is 0 Å². The standard InChI is InChI=1S/C14H16N4O4.BrH/c1-8-7-15-5-4-12(8)17-13(19)10-6-9(18(21)22)2-3-11(10)16-14(17)20;/h2-3,6,8,12,15H,4-5,7H2,1H3,(H,16,20);1H. The van der Waals surface area contributed by atoms with Crippen LogP contribution in [-0.2, 0) is 0 Å². The number of aromatic nitrogens is 2. The zero-order valence-corrected chi connectivity index (χ0v) is 14.2. The Hall–Kier alpha value is -2.00. The summed E-state index contributed by atoms with van der Waals surface area (Å²) < 4.78 is 1.21. The molecule has 0 radical (unpaired) electrons. The van der Waals surface area contributed by atoms with Gasteiger partial charge in [0.25, 0.3) is 11.2 Å². The van der Waals surface area contributed by atoms with Gasteiger partial charge in [-0.15, -0.1) is 17.0 Å². The second kappa shape index (κ2) is 6.63. The number of piperidine rings is 1. The molecular formula is C14H17BrN4O4. The predicted molar refractivity (Wildman–Crippen MR) is 91.5 cm³/mol. The summed E-state index contributed by atoms with van der Waals surface area (Å²) in [5, 5.41) is 14.3. The molecule has 0 spiro atoms. The Morgan fingerprint density at radius 1 is 1.35 bits per heavy atom. The number of benzene rings is 1. The van der Waals surface area contributed by atoms with Crippen molar-refractivity contribution in [1.82, 2.24) is 14.9 Å². The van der Waals surface area contributed by atoms with Crippen LogP contribution >= 0.6 is 17.0 Å². The van der Waals surface area contributed by atoms with Crippen molar-refractivity contribution in [1.29, 1.82) is 0 Å². The SMILES string of the molecule is Br.CC1CNCCC1n1c(=O)[nH]c2ccc([N+](=O)[O-])cc2c1=O. The van der Waals surface area contributed by atoms with Gasteiger partial charge in [0.1, 0.15) is 0 Å². The van der Waals surface area contributed by atoms with E-state index in [0.29, 0.717) is 11.9 Å². The average molecular weight is 385 g/mol. The fraction of sp³-hybridized carbons (Fsp3) is 0.429. The minimum absolute atomic E-state index is 0. The molecule has 2 heterocycles. The van der Waals surface area contributed by atoms with Crippen LogP contribution in [0.25, 0.3) is 10.9 Å². The summed E-state index contributed by atoms with van der Waals surface area (Å²) in [4.78, 5) is 37.9. The fourth-order valence-electron chi connectivity index (χ4n) is 3.01. The molecular weight excluding hydrogens is 368 g/mol. The van der Waals surface area contributed by atoms with Gasteiger partial charge in [0.05, 0.1) is 15.8 Å². The van der Waals surface area contributed by atoms with Crippen LogP contribution in [0.3, 0.4) is 0 Å². The number of fused-ring (bicyclic) bond motifs is 1. The lowest BCUT2D eigenvalue weighted by molar-refractivity contribution is -0.384. The first-order valence-corrected chi connectivity index (χ1v) is 7.12. The largest absolute Gasteiger partial charge is 0.329 e. The summed E-state index contributed by atoms with van der Waals surface area (Å²) in [5.41, 5.74) is -0.786. The topological polar surface area (TPSA) is 110 Å². The monoisotopic (exact) mass is 384 g/mol. The van der Waals surface area contributed by atoms with Crippen LogP contribution in [0.2, 0.25) is 0 Å². The summed E-state index contributed by atoms with van der Waals surface area (Å²) in [6.07, 6.45) is 0.671. The van der Waals surface area contributed by atoms with E-state index in [-0.39, 0.29) is 40.0 Å². The van der Waals surface area contributed by atoms with E-state index >= 15 is 0 Å². The van der Waals surface area contributed by atoms with Crippen LogP contribution in [0.15, 0.2) is 27.8 Å². The van der Waals surface area contributed by atoms with Gasteiger partial charge in [-0.1, -0.05) is 6.92 Å². The molecule has 2 N–H and O–H groups in total. The van der Waals surface area contributed by atoms with Gasteiger partial charge < -0.3 is 10.3 Å². The van der Waals surface area contributed by atoms with Crippen molar-refractivity contribution in [3.8, 4) is 0 Å². The first kappa shape index (κ1) is 17.4. The van der Waals surface area contributed by atoms with Crippen LogP contribution in [0.1, 0.15) is 19.4 Å². The molecule has 8 nitrogen and oxygen atoms in total. The molecule has 1 aliphatic rings. The van der Waals surface area contributed by atoms with E-state index in [1.807, 2.05) is 6.92 Å². The summed E-state index contributed by atoms with van der Waals surface area (Å²) in [6.45, 7) is 3.43. The van der Waals surface area contributed by atoms with Gasteiger partial charge in [-0.05, 0) is 31.5 Å². The Morgan fingerprint density at radius 2 is 2.09 bits per heavy atom. The number of non-ortho nitro benzene ring substituents is 1. The number of nitrogens with zero attached hydrogens (tertiary/aromatic N) is 2. The Labute approximate surface area is 141 Å². The molecule has 1 aliphatic heterocycles. The minimum Gasteiger partial charge on any atom is -0.316 e. The number of hydrogen-bond acceptors (Lipinski definition) is 5. The summed E-state index contributed by atoms with van der Waals surface area (Å²) in [6, 6.07) is 3.68. The summed E-state index contributed by atoms with van der Waals surface area (Å²) >= 11 is 0. The van der Waals surface area contributed by atoms with E-state index in [9.17, 15) is 19.7 Å². The molecule has 124 valence electrons. The van der Waals surface area contributed by atoms with Gasteiger partial charge in [-0.25, -0.2) is 4.79 Å². The maximum absolute atomic E-state index is 12.7. The third kappa shape index (κ3) is 3.06. The van der Waals surface area contributed by atoms with E-state index in [1.165, 1.54) is 22.8 Å². The van der Waals surface area contributed by atoms with Crippen molar-refractivity contribution in [3.05, 3.63) is 49.2 Å². The highest BCUT2D eigenvalue weighted by atomic mass is 79.9. The molecule has 3 rings (SSSR count). The maximum Gasteiger partial charge on any atom is 0.329 e. The number of nitrogens with one attached hydrogen (secondary N) is 2. The molecule has 9 heteroatoms. The van der Waals surface area contributed by atoms with Gasteiger partial charge >= 0.3 is 5.69 Å². The molecule has 1 aromatic carbocycles. The second-order valence-electron chi connectivity index (χ2n) is 5.63. The molecule has 2 atom stereocenters. The van der Waals surface area contributed by atoms with E-state index < -0.39 is 16.2 Å². The van der Waals surface area contributed by atoms with Gasteiger partial charge in [0.15, 0.2) is 0 Å². The highest BCUT2D eigenvalue weighted by molar-refractivity contribution is 8.93. The van der Waals surface area contributed by atoms with E-state index in [4.69, 9.17) is 0 Å². The number of hydrogen-bond donors (Lipinski definition) is 2. The van der Waals surface area contributed by atoms with Crippen LogP contribution in [0, 0.1) is 16.0 Å². The molecule has 1 saturated heterocycles. The molecule has 0 amide bonds. The molecule has 0 saturated carbocycles. The average Bonchev–Trinajstić information content (AvgIpc) is 2.48. The minimum atomic E-state index is -0.554. The smallest absolute Gasteiger partial charge is 0.316 e. The molecule has 0 aliphatic carbocycles. The van der Waals surface area contributed by atoms with Crippen LogP contribution in [0.4, 0.5) is 5.69 Å². The first-order valence-electron chi connectivity index (χ1n) is 7.12. The van der Waals surface area contributed by atoms with E-state index in [0.717, 1.165) is 13.1 Å². The lowest BCUT2D eigenvalue weighted by Gasteiger charge is -2.30. The number of nitro benzene ring substituents is 1. The Balaban J connectivity index is 0.00000192. The second-order valence-corrected chi connectivity index (χ2v) is 5.63. The summed E-state index contributed by atoms with van der Waals surface area (Å²) in [5.74, 6) is 0.128. The van der Waals surface area contributed by atoms with E-state index in [2.05, 4.69) is 10.3 Å². The van der Waals surface area contributed by atoms with Crippen LogP contribution < -0.4 is 16.6 Å². The lowest BCUT2D eigenvalue weighted by atomic mass is 9.95. The first-order chi connectivity index (χ1) is 10.5. The Morgan fingerprint density at radius 3 is 2.74 bits per heavy atom. The van der Waals surface area contributed by atoms with Crippen LogP contribution in [0.5, 0.6) is 0 Å². The van der Waals surface area contributed by atoms with Crippen molar-refractivity contribution >= 4 is 33.6 Å². The lowest BCUT2D eigenvalue weighted by Crippen LogP contribution is -2.45. The third-order valence-corrected chi connectivity index (χ3v) is 4.20. The van der Waals surface area contributed by atoms with Crippen molar-refractivity contribution in [2.75, 3.05) is 13.1 Å². The zero-order valence-electron chi connectivity index (χ0n) is 12.4. The van der Waals surface area contributed by atoms with Crippen molar-refractivity contribution < 1.29 is 4.92 Å². The molecule has 0 bridgehead atoms. The van der Waals surface area contributed by atoms with Crippen molar-refractivity contribution in [3.63, 3.8) is 0 Å². The van der Waals surface area contributed by atoms with Crippen LogP contribution in [-0.4, -0.2) is 27.6 Å². The normalized spacial score (nSPS) is 20.9. The molecule has 1 aromatic heterocycles. The zero-order chi connectivity index (χ0) is 15.9. The van der Waals surface area contributed by atoms with Gasteiger partial charge in [-0.2, -0.15) is 0 Å². The predicted octanol–water partition coefficient (Wildman–Crippen LogP) is 1.35. The van der Waals surface area contributed by atoms with Gasteiger partial charge in [0, 0.05) is 18.2 Å². The van der Waals surface area contributed by atoms with E-state index in [1.54, 1.807) is 0 Å². The van der Waals surface area contributed by atoms with Crippen molar-refractivity contribution in [2.45, 2.75) is 19.4 Å². The molecule has 1 fully saturated rings. The molecule has 2 unspecified atom stereocenters. The Kier molecular flexibility index (Phi) is 5.00. The number of nitro groups is 1.